The van der Waals surface area contributed by atoms with Crippen molar-refractivity contribution in [2.24, 2.45) is 0 Å². The highest BCUT2D eigenvalue weighted by molar-refractivity contribution is 7.92. The summed E-state index contributed by atoms with van der Waals surface area (Å²) in [7, 11) is -1.74. The summed E-state index contributed by atoms with van der Waals surface area (Å²) in [5.74, 6) is -0.935. The number of anilines is 1. The third kappa shape index (κ3) is 5.14. The van der Waals surface area contributed by atoms with Gasteiger partial charge < -0.3 is 4.90 Å². The van der Waals surface area contributed by atoms with E-state index in [1.165, 1.54) is 37.4 Å². The zero-order valence-corrected chi connectivity index (χ0v) is 15.9. The molecule has 5 nitrogen and oxygen atoms in total. The van der Waals surface area contributed by atoms with Crippen LogP contribution in [0, 0.1) is 0 Å². The lowest BCUT2D eigenvalue weighted by molar-refractivity contribution is -0.138. The number of nitrogens with zero attached hydrogens (tertiary/aromatic N) is 2. The van der Waals surface area contributed by atoms with E-state index in [0.717, 1.165) is 17.4 Å². The van der Waals surface area contributed by atoms with Crippen LogP contribution >= 0.6 is 11.6 Å². The number of halogens is 4. The lowest BCUT2D eigenvalue weighted by Crippen LogP contribution is -2.36. The van der Waals surface area contributed by atoms with E-state index in [4.69, 9.17) is 11.6 Å². The van der Waals surface area contributed by atoms with E-state index >= 15 is 0 Å². The predicted molar refractivity (Wildman–Crippen MR) is 96.5 cm³/mol. The Balaban J connectivity index is 2.34. The Morgan fingerprint density at radius 2 is 1.70 bits per heavy atom. The maximum atomic E-state index is 12.8. The molecular formula is C17H16ClF3N2O3S. The molecule has 0 N–H and O–H groups in total. The van der Waals surface area contributed by atoms with E-state index < -0.39 is 28.7 Å². The first kappa shape index (κ1) is 21.0. The summed E-state index contributed by atoms with van der Waals surface area (Å²) in [5.41, 5.74) is 0.135. The van der Waals surface area contributed by atoms with E-state index in [9.17, 15) is 26.4 Å². The number of benzene rings is 2. The van der Waals surface area contributed by atoms with Gasteiger partial charge in [0.25, 0.3) is 15.9 Å². The smallest absolute Gasteiger partial charge is 0.333 e. The minimum absolute atomic E-state index is 0.165. The monoisotopic (exact) mass is 420 g/mol. The van der Waals surface area contributed by atoms with Crippen molar-refractivity contribution in [3.05, 3.63) is 59.1 Å². The second-order valence-electron chi connectivity index (χ2n) is 5.76. The van der Waals surface area contributed by atoms with Crippen molar-refractivity contribution >= 4 is 33.2 Å². The first-order valence-electron chi connectivity index (χ1n) is 7.58. The molecule has 0 atom stereocenters. The van der Waals surface area contributed by atoms with Crippen LogP contribution < -0.4 is 4.31 Å². The van der Waals surface area contributed by atoms with Gasteiger partial charge in [0, 0.05) is 24.7 Å². The number of amides is 1. The quantitative estimate of drug-likeness (QED) is 0.739. The van der Waals surface area contributed by atoms with Crippen LogP contribution in [0.2, 0.25) is 5.02 Å². The summed E-state index contributed by atoms with van der Waals surface area (Å²) in [6, 6.07) is 11.0. The third-order valence-electron chi connectivity index (χ3n) is 3.67. The fourth-order valence-corrected chi connectivity index (χ4v) is 3.74. The second-order valence-corrected chi connectivity index (χ2v) is 8.16. The van der Waals surface area contributed by atoms with Crippen molar-refractivity contribution in [2.75, 3.05) is 24.9 Å². The van der Waals surface area contributed by atoms with Gasteiger partial charge in [0.05, 0.1) is 10.6 Å². The molecule has 0 aromatic heterocycles. The zero-order valence-electron chi connectivity index (χ0n) is 14.4. The molecule has 0 radical (unpaired) electrons. The lowest BCUT2D eigenvalue weighted by Gasteiger charge is -2.21. The van der Waals surface area contributed by atoms with Crippen LogP contribution in [-0.2, 0) is 10.0 Å². The maximum absolute atomic E-state index is 12.8. The van der Waals surface area contributed by atoms with Crippen LogP contribution in [0.15, 0.2) is 53.4 Å². The first-order chi connectivity index (χ1) is 12.4. The van der Waals surface area contributed by atoms with Gasteiger partial charge in [-0.2, -0.15) is 13.2 Å². The highest BCUT2D eigenvalue weighted by Gasteiger charge is 2.32. The zero-order chi connectivity index (χ0) is 20.4. The van der Waals surface area contributed by atoms with Gasteiger partial charge in [-0.3, -0.25) is 9.10 Å². The molecule has 146 valence electrons. The van der Waals surface area contributed by atoms with Crippen LogP contribution in [-0.4, -0.2) is 46.0 Å². The summed E-state index contributed by atoms with van der Waals surface area (Å²) < 4.78 is 64.0. The SMILES string of the molecule is CN(CC(F)(F)F)C(=O)c1cccc(S(=O)(=O)N(C)c2cccc(Cl)c2)c1. The standard InChI is InChI=1S/C17H16ClF3N2O3S/c1-22(11-17(19,20)21)16(24)12-5-3-8-15(9-12)27(25,26)23(2)14-7-4-6-13(18)10-14/h3-10H,11H2,1-2H3. The van der Waals surface area contributed by atoms with Crippen LogP contribution in [0.1, 0.15) is 10.4 Å². The second kappa shape index (κ2) is 7.77. The van der Waals surface area contributed by atoms with Gasteiger partial charge in [-0.15, -0.1) is 0 Å². The highest BCUT2D eigenvalue weighted by atomic mass is 35.5. The van der Waals surface area contributed by atoms with Crippen molar-refractivity contribution in [1.29, 1.82) is 0 Å². The van der Waals surface area contributed by atoms with E-state index in [2.05, 4.69) is 0 Å². The maximum Gasteiger partial charge on any atom is 0.406 e. The Hall–Kier alpha value is -2.26. The molecule has 0 unspecified atom stereocenters. The van der Waals surface area contributed by atoms with Crippen LogP contribution in [0.5, 0.6) is 0 Å². The van der Waals surface area contributed by atoms with Gasteiger partial charge in [-0.25, -0.2) is 8.42 Å². The van der Waals surface area contributed by atoms with Gasteiger partial charge in [-0.1, -0.05) is 23.7 Å². The number of rotatable bonds is 5. The summed E-state index contributed by atoms with van der Waals surface area (Å²) >= 11 is 5.88. The molecule has 1 amide bonds. The lowest BCUT2D eigenvalue weighted by atomic mass is 10.2. The molecule has 10 heteroatoms. The molecule has 27 heavy (non-hydrogen) atoms. The average Bonchev–Trinajstić information content (AvgIpc) is 2.59. The van der Waals surface area contributed by atoms with Crippen LogP contribution in [0.4, 0.5) is 18.9 Å². The number of carbonyl (C=O) groups excluding carboxylic acids is 1. The summed E-state index contributed by atoms with van der Waals surface area (Å²) in [6.07, 6.45) is -4.55. The fraction of sp³-hybridized carbons (Fsp3) is 0.235. The molecule has 0 aliphatic heterocycles. The van der Waals surface area contributed by atoms with Gasteiger partial charge in [0.15, 0.2) is 0 Å². The normalized spacial score (nSPS) is 11.9. The Morgan fingerprint density at radius 3 is 2.30 bits per heavy atom. The molecule has 0 aliphatic rings. The van der Waals surface area contributed by atoms with E-state index in [-0.39, 0.29) is 10.5 Å². The largest absolute Gasteiger partial charge is 0.406 e. The number of alkyl halides is 3. The molecular weight excluding hydrogens is 405 g/mol. The van der Waals surface area contributed by atoms with Gasteiger partial charge in [-0.05, 0) is 36.4 Å². The third-order valence-corrected chi connectivity index (χ3v) is 5.69. The molecule has 0 saturated carbocycles. The Morgan fingerprint density at radius 1 is 1.07 bits per heavy atom. The van der Waals surface area contributed by atoms with Gasteiger partial charge >= 0.3 is 6.18 Å². The Kier molecular flexibility index (Phi) is 6.06. The molecule has 0 bridgehead atoms. The van der Waals surface area contributed by atoms with Crippen LogP contribution in [0.25, 0.3) is 0 Å². The summed E-state index contributed by atoms with van der Waals surface area (Å²) in [6.45, 7) is -1.44. The number of carbonyl (C=O) groups is 1. The molecule has 0 fully saturated rings. The minimum atomic E-state index is -4.55. The first-order valence-corrected chi connectivity index (χ1v) is 9.40. The van der Waals surface area contributed by atoms with Crippen LogP contribution in [0.3, 0.4) is 0 Å². The average molecular weight is 421 g/mol. The van der Waals surface area contributed by atoms with Crippen molar-refractivity contribution in [3.63, 3.8) is 0 Å². The summed E-state index contributed by atoms with van der Waals surface area (Å²) in [4.78, 5) is 12.4. The van der Waals surface area contributed by atoms with Gasteiger partial charge in [0.1, 0.15) is 6.54 Å². The molecule has 2 aromatic rings. The van der Waals surface area contributed by atoms with E-state index in [1.807, 2.05) is 0 Å². The molecule has 0 aliphatic carbocycles. The van der Waals surface area contributed by atoms with Gasteiger partial charge in [0.2, 0.25) is 0 Å². The Labute approximate surface area is 160 Å². The number of sulfonamides is 1. The van der Waals surface area contributed by atoms with E-state index in [0.29, 0.717) is 15.6 Å². The van der Waals surface area contributed by atoms with E-state index in [1.54, 1.807) is 12.1 Å². The van der Waals surface area contributed by atoms with Crippen molar-refractivity contribution in [1.82, 2.24) is 4.90 Å². The number of hydrogen-bond acceptors (Lipinski definition) is 3. The van der Waals surface area contributed by atoms with Crippen molar-refractivity contribution in [2.45, 2.75) is 11.1 Å². The number of hydrogen-bond donors (Lipinski definition) is 0. The highest BCUT2D eigenvalue weighted by Crippen LogP contribution is 2.25. The fourth-order valence-electron chi connectivity index (χ4n) is 2.32. The molecule has 2 aromatic carbocycles. The van der Waals surface area contributed by atoms with Crippen molar-refractivity contribution < 1.29 is 26.4 Å². The molecule has 2 rings (SSSR count). The predicted octanol–water partition coefficient (Wildman–Crippen LogP) is 3.80. The minimum Gasteiger partial charge on any atom is -0.333 e. The van der Waals surface area contributed by atoms with Crippen molar-refractivity contribution in [3.8, 4) is 0 Å². The molecule has 0 saturated heterocycles. The molecule has 0 heterocycles. The molecule has 0 spiro atoms. The topological polar surface area (TPSA) is 57.7 Å². The Bertz CT molecular complexity index is 948. The summed E-state index contributed by atoms with van der Waals surface area (Å²) in [5, 5.41) is 0.340.